The van der Waals surface area contributed by atoms with Gasteiger partial charge >= 0.3 is 0 Å². The first-order valence-corrected chi connectivity index (χ1v) is 6.69. The van der Waals surface area contributed by atoms with Crippen molar-refractivity contribution in [3.8, 4) is 0 Å². The number of hydrogen-bond acceptors (Lipinski definition) is 2. The molecule has 18 heavy (non-hydrogen) atoms. The summed E-state index contributed by atoms with van der Waals surface area (Å²) in [5.41, 5.74) is 2.14. The molecule has 3 heteroatoms. The second-order valence-corrected chi connectivity index (χ2v) is 5.26. The molecular formula is C15H25FN2. The maximum Gasteiger partial charge on any atom is 0.123 e. The molecule has 1 unspecified atom stereocenters. The van der Waals surface area contributed by atoms with E-state index in [-0.39, 0.29) is 11.9 Å². The molecule has 0 saturated carbocycles. The molecule has 0 bridgehead atoms. The molecule has 1 aromatic rings. The Morgan fingerprint density at radius 3 is 2.50 bits per heavy atom. The lowest BCUT2D eigenvalue weighted by Crippen LogP contribution is -2.26. The van der Waals surface area contributed by atoms with Crippen LogP contribution in [0.5, 0.6) is 0 Å². The quantitative estimate of drug-likeness (QED) is 0.832. The van der Waals surface area contributed by atoms with Crippen molar-refractivity contribution in [1.29, 1.82) is 0 Å². The summed E-state index contributed by atoms with van der Waals surface area (Å²) in [6, 6.07) is 5.21. The van der Waals surface area contributed by atoms with Crippen molar-refractivity contribution < 1.29 is 4.39 Å². The van der Waals surface area contributed by atoms with Gasteiger partial charge < -0.3 is 10.2 Å². The highest BCUT2D eigenvalue weighted by atomic mass is 19.1. The molecule has 1 atom stereocenters. The number of rotatable bonds is 6. The Hall–Kier alpha value is -1.09. The molecule has 2 nitrogen and oxygen atoms in total. The Balaban J connectivity index is 3.02. The SMILES string of the molecule is CCNC(C)c1cc(F)ccc1N(C)CC(C)C. The number of nitrogens with one attached hydrogen (secondary N) is 1. The van der Waals surface area contributed by atoms with Crippen molar-refractivity contribution in [2.75, 3.05) is 25.0 Å². The van der Waals surface area contributed by atoms with Crippen LogP contribution in [0.15, 0.2) is 18.2 Å². The smallest absolute Gasteiger partial charge is 0.123 e. The van der Waals surface area contributed by atoms with E-state index in [4.69, 9.17) is 0 Å². The Kier molecular flexibility index (Phi) is 5.60. The molecule has 0 amide bonds. The summed E-state index contributed by atoms with van der Waals surface area (Å²) >= 11 is 0. The molecule has 0 aliphatic heterocycles. The van der Waals surface area contributed by atoms with Crippen LogP contribution in [-0.2, 0) is 0 Å². The molecule has 0 radical (unpaired) electrons. The second-order valence-electron chi connectivity index (χ2n) is 5.26. The summed E-state index contributed by atoms with van der Waals surface area (Å²) in [6.45, 7) is 10.4. The number of benzene rings is 1. The first kappa shape index (κ1) is 15.0. The highest BCUT2D eigenvalue weighted by Crippen LogP contribution is 2.27. The molecule has 0 aromatic heterocycles. The summed E-state index contributed by atoms with van der Waals surface area (Å²) in [7, 11) is 2.06. The van der Waals surface area contributed by atoms with Crippen LogP contribution >= 0.6 is 0 Å². The number of anilines is 1. The van der Waals surface area contributed by atoms with Gasteiger partial charge in [-0.3, -0.25) is 0 Å². The number of halogens is 1. The average Bonchev–Trinajstić information content (AvgIpc) is 2.28. The van der Waals surface area contributed by atoms with Crippen LogP contribution in [0.25, 0.3) is 0 Å². The monoisotopic (exact) mass is 252 g/mol. The van der Waals surface area contributed by atoms with Gasteiger partial charge in [0.05, 0.1) is 0 Å². The van der Waals surface area contributed by atoms with E-state index in [2.05, 4.69) is 45.0 Å². The highest BCUT2D eigenvalue weighted by Gasteiger charge is 2.14. The van der Waals surface area contributed by atoms with Crippen LogP contribution in [0.2, 0.25) is 0 Å². The third-order valence-corrected chi connectivity index (χ3v) is 3.02. The average molecular weight is 252 g/mol. The lowest BCUT2D eigenvalue weighted by Gasteiger charge is -2.27. The van der Waals surface area contributed by atoms with Crippen LogP contribution < -0.4 is 10.2 Å². The van der Waals surface area contributed by atoms with Crippen LogP contribution in [0.4, 0.5) is 10.1 Å². The fourth-order valence-electron chi connectivity index (χ4n) is 2.28. The molecule has 1 aromatic carbocycles. The van der Waals surface area contributed by atoms with Crippen molar-refractivity contribution in [2.24, 2.45) is 5.92 Å². The van der Waals surface area contributed by atoms with Crippen molar-refractivity contribution in [3.05, 3.63) is 29.6 Å². The largest absolute Gasteiger partial charge is 0.374 e. The Morgan fingerprint density at radius 1 is 1.28 bits per heavy atom. The Labute approximate surface area is 110 Å². The van der Waals surface area contributed by atoms with Gasteiger partial charge in [0, 0.05) is 25.3 Å². The Morgan fingerprint density at radius 2 is 1.94 bits per heavy atom. The van der Waals surface area contributed by atoms with Gasteiger partial charge in [0.1, 0.15) is 5.82 Å². The topological polar surface area (TPSA) is 15.3 Å². The van der Waals surface area contributed by atoms with E-state index < -0.39 is 0 Å². The second kappa shape index (κ2) is 6.74. The zero-order valence-corrected chi connectivity index (χ0v) is 12.1. The van der Waals surface area contributed by atoms with Crippen LogP contribution in [-0.4, -0.2) is 20.1 Å². The van der Waals surface area contributed by atoms with Gasteiger partial charge in [0.2, 0.25) is 0 Å². The lowest BCUT2D eigenvalue weighted by molar-refractivity contribution is 0.577. The maximum atomic E-state index is 13.4. The first-order chi connectivity index (χ1) is 8.45. The lowest BCUT2D eigenvalue weighted by atomic mass is 10.0. The minimum Gasteiger partial charge on any atom is -0.374 e. The summed E-state index contributed by atoms with van der Waals surface area (Å²) in [5.74, 6) is 0.416. The third-order valence-electron chi connectivity index (χ3n) is 3.02. The van der Waals surface area contributed by atoms with Crippen molar-refractivity contribution >= 4 is 5.69 Å². The van der Waals surface area contributed by atoms with Crippen LogP contribution in [0, 0.1) is 11.7 Å². The van der Waals surface area contributed by atoms with Gasteiger partial charge in [-0.05, 0) is 43.1 Å². The summed E-state index contributed by atoms with van der Waals surface area (Å²) in [5, 5.41) is 3.34. The van der Waals surface area contributed by atoms with Gasteiger partial charge in [0.25, 0.3) is 0 Å². The zero-order chi connectivity index (χ0) is 13.7. The van der Waals surface area contributed by atoms with Gasteiger partial charge in [-0.15, -0.1) is 0 Å². The predicted octanol–water partition coefficient (Wildman–Crippen LogP) is 3.59. The van der Waals surface area contributed by atoms with Gasteiger partial charge in [-0.1, -0.05) is 20.8 Å². The molecule has 102 valence electrons. The molecule has 1 N–H and O–H groups in total. The van der Waals surface area contributed by atoms with Crippen molar-refractivity contribution in [1.82, 2.24) is 5.32 Å². The zero-order valence-electron chi connectivity index (χ0n) is 12.1. The normalized spacial score (nSPS) is 12.8. The minimum absolute atomic E-state index is 0.162. The van der Waals surface area contributed by atoms with Crippen LogP contribution in [0.1, 0.15) is 39.3 Å². The van der Waals surface area contributed by atoms with E-state index in [9.17, 15) is 4.39 Å². The summed E-state index contributed by atoms with van der Waals surface area (Å²) in [4.78, 5) is 2.20. The maximum absolute atomic E-state index is 13.4. The van der Waals surface area contributed by atoms with Gasteiger partial charge in [0.15, 0.2) is 0 Å². The molecule has 0 aliphatic carbocycles. The fourth-order valence-corrected chi connectivity index (χ4v) is 2.28. The van der Waals surface area contributed by atoms with E-state index in [0.29, 0.717) is 5.92 Å². The number of hydrogen-bond donors (Lipinski definition) is 1. The highest BCUT2D eigenvalue weighted by molar-refractivity contribution is 5.54. The van der Waals surface area contributed by atoms with E-state index in [0.717, 1.165) is 24.3 Å². The standard InChI is InChI=1S/C15H25FN2/c1-6-17-12(4)14-9-13(16)7-8-15(14)18(5)10-11(2)3/h7-9,11-12,17H,6,10H2,1-5H3. The summed E-state index contributed by atoms with van der Waals surface area (Å²) in [6.07, 6.45) is 0. The Bertz CT molecular complexity index is 377. The predicted molar refractivity (Wildman–Crippen MR) is 76.6 cm³/mol. The molecular weight excluding hydrogens is 227 g/mol. The molecule has 0 heterocycles. The first-order valence-electron chi connectivity index (χ1n) is 6.69. The molecule has 0 spiro atoms. The molecule has 1 rings (SSSR count). The number of nitrogens with zero attached hydrogens (tertiary/aromatic N) is 1. The molecule has 0 saturated heterocycles. The van der Waals surface area contributed by atoms with Crippen molar-refractivity contribution in [3.63, 3.8) is 0 Å². The fraction of sp³-hybridized carbons (Fsp3) is 0.600. The summed E-state index contributed by atoms with van der Waals surface area (Å²) < 4.78 is 13.4. The molecule has 0 aliphatic rings. The van der Waals surface area contributed by atoms with E-state index in [1.165, 1.54) is 6.07 Å². The van der Waals surface area contributed by atoms with Gasteiger partial charge in [-0.25, -0.2) is 4.39 Å². The van der Waals surface area contributed by atoms with E-state index >= 15 is 0 Å². The third kappa shape index (κ3) is 3.98. The van der Waals surface area contributed by atoms with Gasteiger partial charge in [-0.2, -0.15) is 0 Å². The minimum atomic E-state index is -0.170. The van der Waals surface area contributed by atoms with Crippen LogP contribution in [0.3, 0.4) is 0 Å². The van der Waals surface area contributed by atoms with Crippen molar-refractivity contribution in [2.45, 2.75) is 33.7 Å². The van der Waals surface area contributed by atoms with E-state index in [1.54, 1.807) is 6.07 Å². The molecule has 0 fully saturated rings. The van der Waals surface area contributed by atoms with E-state index in [1.807, 2.05) is 6.07 Å².